The average molecular weight is 586 g/mol. The molecule has 4 aromatic rings. The van der Waals surface area contributed by atoms with Crippen LogP contribution in [-0.2, 0) is 11.0 Å². The van der Waals surface area contributed by atoms with Crippen LogP contribution in [0.25, 0.3) is 11.3 Å². The molecule has 0 unspecified atom stereocenters. The fourth-order valence-electron chi connectivity index (χ4n) is 4.07. The number of benzene rings is 3. The molecule has 2 amide bonds. The summed E-state index contributed by atoms with van der Waals surface area (Å²) in [7, 11) is 1.59. The highest BCUT2D eigenvalue weighted by atomic mass is 35.5. The third-order valence-electron chi connectivity index (χ3n) is 6.21. The van der Waals surface area contributed by atoms with Crippen LogP contribution in [0.15, 0.2) is 89.3 Å². The Bertz CT molecular complexity index is 1490. The van der Waals surface area contributed by atoms with Crippen molar-refractivity contribution in [2.24, 2.45) is 0 Å². The molecule has 4 rings (SSSR count). The van der Waals surface area contributed by atoms with E-state index >= 15 is 0 Å². The smallest absolute Gasteiger partial charge is 0.416 e. The van der Waals surface area contributed by atoms with Gasteiger partial charge in [0, 0.05) is 35.9 Å². The molecule has 0 saturated heterocycles. The summed E-state index contributed by atoms with van der Waals surface area (Å²) in [5.74, 6) is -1.07. The molecule has 0 bridgehead atoms. The van der Waals surface area contributed by atoms with Crippen LogP contribution in [0.1, 0.15) is 27.6 Å². The van der Waals surface area contributed by atoms with E-state index in [9.17, 15) is 22.8 Å². The molecule has 214 valence electrons. The highest BCUT2D eigenvalue weighted by molar-refractivity contribution is 6.31. The minimum atomic E-state index is -4.51. The lowest BCUT2D eigenvalue weighted by molar-refractivity contribution is -0.137. The van der Waals surface area contributed by atoms with Gasteiger partial charge in [0.1, 0.15) is 11.5 Å². The van der Waals surface area contributed by atoms with Crippen LogP contribution in [0.3, 0.4) is 0 Å². The molecule has 3 N–H and O–H groups in total. The summed E-state index contributed by atoms with van der Waals surface area (Å²) in [4.78, 5) is 26.0. The molecule has 0 aliphatic rings. The van der Waals surface area contributed by atoms with Crippen molar-refractivity contribution in [3.05, 3.63) is 107 Å². The molecule has 0 saturated carbocycles. The van der Waals surface area contributed by atoms with Gasteiger partial charge >= 0.3 is 6.18 Å². The molecular formula is C30H27ClF3N3O4. The van der Waals surface area contributed by atoms with Crippen molar-refractivity contribution in [3.8, 4) is 17.1 Å². The van der Waals surface area contributed by atoms with Gasteiger partial charge in [0.2, 0.25) is 5.91 Å². The largest absolute Gasteiger partial charge is 0.497 e. The van der Waals surface area contributed by atoms with Gasteiger partial charge in [-0.05, 0) is 60.2 Å². The first-order valence-electron chi connectivity index (χ1n) is 12.6. The second kappa shape index (κ2) is 13.3. The van der Waals surface area contributed by atoms with Crippen molar-refractivity contribution in [1.82, 2.24) is 10.6 Å². The molecule has 0 aliphatic carbocycles. The first-order chi connectivity index (χ1) is 19.7. The van der Waals surface area contributed by atoms with Crippen molar-refractivity contribution in [3.63, 3.8) is 0 Å². The number of furan rings is 1. The molecule has 11 heteroatoms. The number of hydrogen-bond donors (Lipinski definition) is 3. The maximum absolute atomic E-state index is 13.2. The summed E-state index contributed by atoms with van der Waals surface area (Å²) >= 11 is 6.36. The van der Waals surface area contributed by atoms with Gasteiger partial charge in [-0.1, -0.05) is 41.9 Å². The van der Waals surface area contributed by atoms with Crippen molar-refractivity contribution >= 4 is 29.1 Å². The highest BCUT2D eigenvalue weighted by Gasteiger charge is 2.31. The topological polar surface area (TPSA) is 92.6 Å². The summed E-state index contributed by atoms with van der Waals surface area (Å²) in [6.45, 7) is 0.655. The fraction of sp³-hybridized carbons (Fsp3) is 0.200. The molecule has 1 atom stereocenters. The molecule has 41 heavy (non-hydrogen) atoms. The normalized spacial score (nSPS) is 11.9. The standard InChI is InChI=1S/C30H27ClF3N3O4/c1-40-22-11-9-21(10-12-22)35-15-16-36-28(38)24(23-7-2-3-8-25(23)31)18-37-29(39)27-14-13-26(41-27)19-5-4-6-20(17-19)30(32,33)34/h2-14,17,24,35H,15-16,18H2,1H3,(H,36,38)(H,37,39)/t24-/m0/s1. The first-order valence-corrected chi connectivity index (χ1v) is 13.0. The lowest BCUT2D eigenvalue weighted by Gasteiger charge is -2.19. The van der Waals surface area contributed by atoms with Gasteiger partial charge < -0.3 is 25.1 Å². The Morgan fingerprint density at radius 3 is 2.39 bits per heavy atom. The van der Waals surface area contributed by atoms with Gasteiger partial charge in [0.05, 0.1) is 18.6 Å². The van der Waals surface area contributed by atoms with Crippen molar-refractivity contribution in [1.29, 1.82) is 0 Å². The van der Waals surface area contributed by atoms with Crippen LogP contribution in [-0.4, -0.2) is 38.6 Å². The number of halogens is 4. The van der Waals surface area contributed by atoms with Gasteiger partial charge in [0.25, 0.3) is 5.91 Å². The predicted molar refractivity (Wildman–Crippen MR) is 150 cm³/mol. The summed E-state index contributed by atoms with van der Waals surface area (Å²) in [5.41, 5.74) is 0.734. The lowest BCUT2D eigenvalue weighted by atomic mass is 9.97. The van der Waals surface area contributed by atoms with Crippen LogP contribution < -0.4 is 20.7 Å². The van der Waals surface area contributed by atoms with E-state index in [1.807, 2.05) is 24.3 Å². The van der Waals surface area contributed by atoms with Crippen LogP contribution >= 0.6 is 11.6 Å². The molecule has 7 nitrogen and oxygen atoms in total. The number of rotatable bonds is 11. The Kier molecular flexibility index (Phi) is 9.57. The summed E-state index contributed by atoms with van der Waals surface area (Å²) < 4.78 is 49.9. The number of hydrogen-bond acceptors (Lipinski definition) is 5. The summed E-state index contributed by atoms with van der Waals surface area (Å²) in [6.07, 6.45) is -4.51. The Morgan fingerprint density at radius 2 is 1.68 bits per heavy atom. The first kappa shape index (κ1) is 29.5. The quantitative estimate of drug-likeness (QED) is 0.178. The van der Waals surface area contributed by atoms with Crippen molar-refractivity contribution in [2.75, 3.05) is 32.1 Å². The summed E-state index contributed by atoms with van der Waals surface area (Å²) in [5, 5.41) is 9.09. The number of anilines is 1. The number of amides is 2. The molecule has 1 heterocycles. The number of carbonyl (C=O) groups excluding carboxylic acids is 2. The summed E-state index contributed by atoms with van der Waals surface area (Å²) in [6, 6.07) is 21.6. The van der Waals surface area contributed by atoms with E-state index in [1.165, 1.54) is 24.3 Å². The average Bonchev–Trinajstić information content (AvgIpc) is 3.47. The molecule has 1 aromatic heterocycles. The SMILES string of the molecule is COc1ccc(NCCNC(=O)[C@@H](CNC(=O)c2ccc(-c3cccc(C(F)(F)F)c3)o2)c2ccccc2Cl)cc1. The zero-order valence-electron chi connectivity index (χ0n) is 21.9. The third-order valence-corrected chi connectivity index (χ3v) is 6.56. The zero-order chi connectivity index (χ0) is 29.4. The fourth-order valence-corrected chi connectivity index (χ4v) is 4.34. The van der Waals surface area contributed by atoms with E-state index in [4.69, 9.17) is 20.8 Å². The molecular weight excluding hydrogens is 559 g/mol. The van der Waals surface area contributed by atoms with Crippen molar-refractivity contribution < 1.29 is 31.9 Å². The van der Waals surface area contributed by atoms with Gasteiger partial charge in [-0.25, -0.2) is 0 Å². The third kappa shape index (κ3) is 7.82. The highest BCUT2D eigenvalue weighted by Crippen LogP contribution is 2.33. The van der Waals surface area contributed by atoms with E-state index in [-0.39, 0.29) is 29.5 Å². The molecule has 0 aliphatic heterocycles. The monoisotopic (exact) mass is 585 g/mol. The molecule has 0 spiro atoms. The molecule has 0 fully saturated rings. The van der Waals surface area contributed by atoms with Crippen molar-refractivity contribution in [2.45, 2.75) is 12.1 Å². The van der Waals surface area contributed by atoms with Crippen LogP contribution in [0.5, 0.6) is 5.75 Å². The number of nitrogens with one attached hydrogen (secondary N) is 3. The minimum Gasteiger partial charge on any atom is -0.497 e. The maximum atomic E-state index is 13.2. The van der Waals surface area contributed by atoms with Crippen LogP contribution in [0, 0.1) is 0 Å². The van der Waals surface area contributed by atoms with Gasteiger partial charge in [-0.15, -0.1) is 0 Å². The van der Waals surface area contributed by atoms with Gasteiger partial charge in [-0.2, -0.15) is 13.2 Å². The van der Waals surface area contributed by atoms with E-state index in [2.05, 4.69) is 16.0 Å². The lowest BCUT2D eigenvalue weighted by Crippen LogP contribution is -2.39. The molecule has 3 aromatic carbocycles. The number of carbonyl (C=O) groups is 2. The number of ether oxygens (including phenoxy) is 1. The van der Waals surface area contributed by atoms with E-state index in [1.54, 1.807) is 31.4 Å². The Labute approximate surface area is 239 Å². The van der Waals surface area contributed by atoms with Crippen LogP contribution in [0.2, 0.25) is 5.02 Å². The van der Waals surface area contributed by atoms with Crippen LogP contribution in [0.4, 0.5) is 18.9 Å². The van der Waals surface area contributed by atoms with E-state index in [0.29, 0.717) is 23.7 Å². The predicted octanol–water partition coefficient (Wildman–Crippen LogP) is 6.37. The second-order valence-corrected chi connectivity index (χ2v) is 9.38. The minimum absolute atomic E-state index is 0.0973. The Hall–Kier alpha value is -4.44. The number of alkyl halides is 3. The Balaban J connectivity index is 1.39. The van der Waals surface area contributed by atoms with E-state index in [0.717, 1.165) is 23.6 Å². The van der Waals surface area contributed by atoms with E-state index < -0.39 is 23.6 Å². The maximum Gasteiger partial charge on any atom is 0.416 e. The van der Waals surface area contributed by atoms with Gasteiger partial charge in [-0.3, -0.25) is 9.59 Å². The zero-order valence-corrected chi connectivity index (χ0v) is 22.7. The second-order valence-electron chi connectivity index (χ2n) is 8.97. The number of methoxy groups -OCH3 is 1. The molecule has 0 radical (unpaired) electrons. The van der Waals surface area contributed by atoms with Gasteiger partial charge in [0.15, 0.2) is 5.76 Å². The Morgan fingerprint density at radius 1 is 0.927 bits per heavy atom.